The van der Waals surface area contributed by atoms with Crippen molar-refractivity contribution in [1.29, 1.82) is 0 Å². The molecule has 26 heavy (non-hydrogen) atoms. The fourth-order valence-electron chi connectivity index (χ4n) is 3.43. The summed E-state index contributed by atoms with van der Waals surface area (Å²) in [5.74, 6) is 0. The molecule has 0 radical (unpaired) electrons. The van der Waals surface area contributed by atoms with Crippen molar-refractivity contribution >= 4 is 16.8 Å². The highest BCUT2D eigenvalue weighted by Crippen LogP contribution is 2.28. The maximum atomic E-state index is 3.86. The van der Waals surface area contributed by atoms with Crippen LogP contribution >= 0.6 is 0 Å². The third-order valence-corrected chi connectivity index (χ3v) is 5.02. The van der Waals surface area contributed by atoms with Crippen LogP contribution in [0.15, 0.2) is 91.5 Å². The average molecular weight is 334 g/mol. The third-order valence-electron chi connectivity index (χ3n) is 5.02. The van der Waals surface area contributed by atoms with Gasteiger partial charge in [-0.15, -0.1) is 0 Å². The topological polar surface area (TPSA) is 0 Å². The molecule has 0 saturated heterocycles. The first-order valence-corrected chi connectivity index (χ1v) is 9.03. The van der Waals surface area contributed by atoms with E-state index in [1.54, 1.807) is 0 Å². The summed E-state index contributed by atoms with van der Waals surface area (Å²) in [5, 5.41) is 2.51. The molecule has 4 rings (SSSR count). The number of hydrogen-bond acceptors (Lipinski definition) is 0. The minimum absolute atomic E-state index is 0.969. The third kappa shape index (κ3) is 3.32. The van der Waals surface area contributed by atoms with Crippen molar-refractivity contribution in [2.75, 3.05) is 0 Å². The Morgan fingerprint density at radius 2 is 1.42 bits per heavy atom. The largest absolute Gasteiger partial charge is 0.0985 e. The first-order chi connectivity index (χ1) is 12.7. The lowest BCUT2D eigenvalue weighted by molar-refractivity contribution is 1.16. The zero-order valence-electron chi connectivity index (χ0n) is 15.1. The second kappa shape index (κ2) is 7.01. The quantitative estimate of drug-likeness (QED) is 0.375. The van der Waals surface area contributed by atoms with E-state index in [0.29, 0.717) is 0 Å². The van der Waals surface area contributed by atoms with E-state index in [9.17, 15) is 0 Å². The molecule has 0 amide bonds. The molecule has 0 spiro atoms. The molecule has 0 heteroatoms. The van der Waals surface area contributed by atoms with Crippen molar-refractivity contribution in [2.24, 2.45) is 0 Å². The van der Waals surface area contributed by atoms with Gasteiger partial charge in [-0.1, -0.05) is 85.5 Å². The Balaban J connectivity index is 1.72. The van der Waals surface area contributed by atoms with Crippen LogP contribution in [0.2, 0.25) is 0 Å². The minimum atomic E-state index is 0.969. The molecular formula is C26H22. The van der Waals surface area contributed by atoms with Gasteiger partial charge in [-0.25, -0.2) is 0 Å². The highest BCUT2D eigenvalue weighted by atomic mass is 14.1. The second-order valence-corrected chi connectivity index (χ2v) is 6.83. The van der Waals surface area contributed by atoms with Crippen LogP contribution in [0.5, 0.6) is 0 Å². The van der Waals surface area contributed by atoms with Crippen molar-refractivity contribution in [3.63, 3.8) is 0 Å². The van der Waals surface area contributed by atoms with Gasteiger partial charge in [-0.3, -0.25) is 0 Å². The van der Waals surface area contributed by atoms with E-state index in [-0.39, 0.29) is 0 Å². The molecule has 0 heterocycles. The lowest BCUT2D eigenvalue weighted by Crippen LogP contribution is -1.93. The van der Waals surface area contributed by atoms with Gasteiger partial charge in [0.2, 0.25) is 0 Å². The van der Waals surface area contributed by atoms with E-state index < -0.39 is 0 Å². The molecule has 0 atom stereocenters. The van der Waals surface area contributed by atoms with Gasteiger partial charge in [0.1, 0.15) is 0 Å². The maximum absolute atomic E-state index is 3.86. The van der Waals surface area contributed by atoms with Crippen LogP contribution in [0.1, 0.15) is 22.3 Å². The monoisotopic (exact) mass is 334 g/mol. The molecule has 4 aromatic carbocycles. The van der Waals surface area contributed by atoms with Gasteiger partial charge in [0.15, 0.2) is 0 Å². The van der Waals surface area contributed by atoms with Crippen LogP contribution < -0.4 is 0 Å². The Bertz CT molecular complexity index is 1070. The van der Waals surface area contributed by atoms with E-state index in [0.717, 1.165) is 12.0 Å². The Kier molecular flexibility index (Phi) is 4.41. The van der Waals surface area contributed by atoms with Gasteiger partial charge < -0.3 is 0 Å². The molecule has 0 bridgehead atoms. The molecule has 4 aromatic rings. The van der Waals surface area contributed by atoms with Crippen LogP contribution in [0, 0.1) is 6.92 Å². The summed E-state index contributed by atoms with van der Waals surface area (Å²) in [4.78, 5) is 0. The van der Waals surface area contributed by atoms with Crippen LogP contribution in [-0.2, 0) is 6.42 Å². The Hall–Kier alpha value is -3.12. The summed E-state index contributed by atoms with van der Waals surface area (Å²) in [5.41, 5.74) is 7.77. The molecule has 126 valence electrons. The predicted molar refractivity (Wildman–Crippen MR) is 113 cm³/mol. The normalized spacial score (nSPS) is 10.8. The summed E-state index contributed by atoms with van der Waals surface area (Å²) in [6.07, 6.45) is 2.86. The first kappa shape index (κ1) is 16.4. The number of benzene rings is 4. The van der Waals surface area contributed by atoms with E-state index in [4.69, 9.17) is 0 Å². The van der Waals surface area contributed by atoms with Crippen LogP contribution in [-0.4, -0.2) is 0 Å². The number of aryl methyl sites for hydroxylation is 1. The Morgan fingerprint density at radius 3 is 2.23 bits per heavy atom. The van der Waals surface area contributed by atoms with E-state index in [2.05, 4.69) is 98.4 Å². The number of hydrogen-bond donors (Lipinski definition) is 0. The lowest BCUT2D eigenvalue weighted by atomic mass is 9.94. The molecule has 0 N–H and O–H groups in total. The van der Waals surface area contributed by atoms with Crippen molar-refractivity contribution < 1.29 is 0 Å². The SMILES string of the molecule is C=Cc1ccc2cc(-c3ccc(C)c(Cc4ccccc4)c3)ccc2c1. The maximum Gasteiger partial charge on any atom is -0.00229 e. The molecule has 0 fully saturated rings. The van der Waals surface area contributed by atoms with Gasteiger partial charge >= 0.3 is 0 Å². The van der Waals surface area contributed by atoms with Gasteiger partial charge in [0.25, 0.3) is 0 Å². The van der Waals surface area contributed by atoms with Crippen molar-refractivity contribution in [1.82, 2.24) is 0 Å². The first-order valence-electron chi connectivity index (χ1n) is 9.03. The average Bonchev–Trinajstić information content (AvgIpc) is 2.69. The molecule has 0 nitrogen and oxygen atoms in total. The molecule has 0 unspecified atom stereocenters. The fraction of sp³-hybridized carbons (Fsp3) is 0.0769. The molecule has 0 aliphatic rings. The van der Waals surface area contributed by atoms with Crippen LogP contribution in [0.3, 0.4) is 0 Å². The smallest absolute Gasteiger partial charge is 0.00229 e. The van der Waals surface area contributed by atoms with Crippen molar-refractivity contribution in [3.8, 4) is 11.1 Å². The van der Waals surface area contributed by atoms with Gasteiger partial charge in [-0.2, -0.15) is 0 Å². The second-order valence-electron chi connectivity index (χ2n) is 6.83. The molecular weight excluding hydrogens is 312 g/mol. The van der Waals surface area contributed by atoms with Gasteiger partial charge in [0.05, 0.1) is 0 Å². The summed E-state index contributed by atoms with van der Waals surface area (Å²) in [6, 6.07) is 30.6. The van der Waals surface area contributed by atoms with Crippen LogP contribution in [0.25, 0.3) is 28.0 Å². The summed E-state index contributed by atoms with van der Waals surface area (Å²) in [6.45, 7) is 6.05. The van der Waals surface area contributed by atoms with Crippen molar-refractivity contribution in [3.05, 3.63) is 114 Å². The standard InChI is InChI=1S/C26H22/c1-3-20-10-12-24-17-25(14-13-22(24)15-20)23-11-9-19(2)26(18-23)16-21-7-5-4-6-8-21/h3-15,17-18H,1,16H2,2H3. The Labute approximate surface area is 155 Å². The summed E-state index contributed by atoms with van der Waals surface area (Å²) < 4.78 is 0. The zero-order valence-corrected chi connectivity index (χ0v) is 15.1. The molecule has 0 aromatic heterocycles. The Morgan fingerprint density at radius 1 is 0.731 bits per heavy atom. The highest BCUT2D eigenvalue weighted by molar-refractivity contribution is 5.89. The zero-order chi connectivity index (χ0) is 17.9. The lowest BCUT2D eigenvalue weighted by Gasteiger charge is -2.11. The molecule has 0 saturated carbocycles. The van der Waals surface area contributed by atoms with Crippen molar-refractivity contribution in [2.45, 2.75) is 13.3 Å². The number of rotatable bonds is 4. The van der Waals surface area contributed by atoms with Gasteiger partial charge in [-0.05, 0) is 69.6 Å². The van der Waals surface area contributed by atoms with Gasteiger partial charge in [0, 0.05) is 0 Å². The molecule has 0 aliphatic carbocycles. The number of fused-ring (bicyclic) bond motifs is 1. The highest BCUT2D eigenvalue weighted by Gasteiger charge is 2.05. The van der Waals surface area contributed by atoms with E-state index in [1.165, 1.54) is 38.6 Å². The fourth-order valence-corrected chi connectivity index (χ4v) is 3.43. The molecule has 0 aliphatic heterocycles. The summed E-state index contributed by atoms with van der Waals surface area (Å²) in [7, 11) is 0. The van der Waals surface area contributed by atoms with E-state index >= 15 is 0 Å². The minimum Gasteiger partial charge on any atom is -0.0985 e. The van der Waals surface area contributed by atoms with Crippen LogP contribution in [0.4, 0.5) is 0 Å². The summed E-state index contributed by atoms with van der Waals surface area (Å²) >= 11 is 0. The van der Waals surface area contributed by atoms with E-state index in [1.807, 2.05) is 6.08 Å². The predicted octanol–water partition coefficient (Wildman–Crippen LogP) is 7.05.